The number of hydrogen-bond acceptors (Lipinski definition) is 7. The molecule has 0 aliphatic heterocycles. The smallest absolute Gasteiger partial charge is 0.407 e. The van der Waals surface area contributed by atoms with Crippen LogP contribution in [0.15, 0.2) is 83.0 Å². The molecular formula is C27H30N4O5S3. The van der Waals surface area contributed by atoms with Crippen molar-refractivity contribution in [1.29, 1.82) is 0 Å². The van der Waals surface area contributed by atoms with E-state index in [1.54, 1.807) is 24.3 Å². The summed E-state index contributed by atoms with van der Waals surface area (Å²) in [4.78, 5) is 30.4. The van der Waals surface area contributed by atoms with Crippen molar-refractivity contribution in [3.05, 3.63) is 94.7 Å². The van der Waals surface area contributed by atoms with Crippen LogP contribution in [0.3, 0.4) is 0 Å². The number of carbonyl (C=O) groups excluding carboxylic acids is 2. The predicted octanol–water partition coefficient (Wildman–Crippen LogP) is 4.72. The van der Waals surface area contributed by atoms with Crippen molar-refractivity contribution in [2.45, 2.75) is 24.9 Å². The number of thiophene rings is 1. The van der Waals surface area contributed by atoms with Crippen molar-refractivity contribution >= 4 is 62.8 Å². The van der Waals surface area contributed by atoms with Crippen molar-refractivity contribution in [3.63, 3.8) is 0 Å². The van der Waals surface area contributed by atoms with Crippen LogP contribution in [0.1, 0.15) is 16.7 Å². The van der Waals surface area contributed by atoms with Gasteiger partial charge in [-0.05, 0) is 47.4 Å². The van der Waals surface area contributed by atoms with Gasteiger partial charge in [-0.2, -0.15) is 11.3 Å². The topological polar surface area (TPSA) is 129 Å². The zero-order valence-electron chi connectivity index (χ0n) is 21.5. The maximum Gasteiger partial charge on any atom is 0.407 e. The van der Waals surface area contributed by atoms with Crippen LogP contribution in [0.4, 0.5) is 10.5 Å². The second-order valence-electron chi connectivity index (χ2n) is 8.30. The standard InChI is InChI=1S/C27H30N4O5S3/c1-18(21-13-14-38-17-21)28-26(37-3)24(16-20-9-11-22(12-10-20)31-39(34)35)29-25(32)23(30-27(33)36-2)15-19-7-5-4-6-8-19/h4-14,17,23-24,31H,1,15-16H2,2-3H3,(H,29,32)(H,30,33)(H,34,35)/t23-,24-/m0/s1. The van der Waals surface area contributed by atoms with Gasteiger partial charge in [0.1, 0.15) is 6.04 Å². The normalized spacial score (nSPS) is 13.6. The number of rotatable bonds is 12. The van der Waals surface area contributed by atoms with E-state index in [4.69, 9.17) is 14.3 Å². The van der Waals surface area contributed by atoms with E-state index in [9.17, 15) is 13.8 Å². The highest BCUT2D eigenvalue weighted by molar-refractivity contribution is 8.13. The van der Waals surface area contributed by atoms with Crippen LogP contribution in [0.5, 0.6) is 0 Å². The summed E-state index contributed by atoms with van der Waals surface area (Å²) < 4.78 is 27.3. The largest absolute Gasteiger partial charge is 0.453 e. The number of methoxy groups -OCH3 is 1. The van der Waals surface area contributed by atoms with Crippen molar-refractivity contribution < 1.29 is 23.1 Å². The van der Waals surface area contributed by atoms with Gasteiger partial charge in [-0.25, -0.2) is 14.0 Å². The molecule has 1 heterocycles. The molecule has 12 heteroatoms. The molecule has 3 aromatic rings. The molecular weight excluding hydrogens is 557 g/mol. The Morgan fingerprint density at radius 1 is 1.05 bits per heavy atom. The molecule has 0 aliphatic rings. The van der Waals surface area contributed by atoms with Gasteiger partial charge in [-0.3, -0.25) is 14.1 Å². The Bertz CT molecular complexity index is 1300. The minimum Gasteiger partial charge on any atom is -0.453 e. The van der Waals surface area contributed by atoms with Gasteiger partial charge in [-0.15, -0.1) is 11.8 Å². The number of thioether (sulfide) groups is 1. The molecule has 0 saturated heterocycles. The quantitative estimate of drug-likeness (QED) is 0.138. The van der Waals surface area contributed by atoms with E-state index in [0.29, 0.717) is 22.8 Å². The summed E-state index contributed by atoms with van der Waals surface area (Å²) in [6.45, 7) is 4.09. The summed E-state index contributed by atoms with van der Waals surface area (Å²) in [5.41, 5.74) is 3.67. The van der Waals surface area contributed by atoms with Crippen molar-refractivity contribution in [1.82, 2.24) is 10.6 Å². The molecule has 206 valence electrons. The highest BCUT2D eigenvalue weighted by Gasteiger charge is 2.27. The average Bonchev–Trinajstić information content (AvgIpc) is 3.47. The monoisotopic (exact) mass is 586 g/mol. The summed E-state index contributed by atoms with van der Waals surface area (Å²) in [6, 6.07) is 16.8. The number of amides is 2. The third-order valence-corrected chi connectivity index (χ3v) is 7.49. The lowest BCUT2D eigenvalue weighted by Crippen LogP contribution is -2.52. The summed E-state index contributed by atoms with van der Waals surface area (Å²) in [6.07, 6.45) is 1.80. The van der Waals surface area contributed by atoms with Gasteiger partial charge in [0.15, 0.2) is 0 Å². The van der Waals surface area contributed by atoms with Crippen molar-refractivity contribution in [3.8, 4) is 0 Å². The fourth-order valence-electron chi connectivity index (χ4n) is 3.67. The second-order valence-corrected chi connectivity index (χ2v) is 10.6. The molecule has 0 saturated carbocycles. The minimum absolute atomic E-state index is 0.264. The molecule has 0 bridgehead atoms. The third kappa shape index (κ3) is 9.66. The van der Waals surface area contributed by atoms with Gasteiger partial charge < -0.3 is 15.4 Å². The van der Waals surface area contributed by atoms with Gasteiger partial charge in [0.25, 0.3) is 11.3 Å². The van der Waals surface area contributed by atoms with E-state index >= 15 is 0 Å². The van der Waals surface area contributed by atoms with Gasteiger partial charge >= 0.3 is 6.09 Å². The van der Waals surface area contributed by atoms with E-state index in [1.807, 2.05) is 53.4 Å². The number of ether oxygens (including phenoxy) is 1. The number of nitrogens with one attached hydrogen (secondary N) is 3. The molecule has 4 N–H and O–H groups in total. The number of carbonyl (C=O) groups is 2. The van der Waals surface area contributed by atoms with E-state index in [1.165, 1.54) is 30.2 Å². The maximum absolute atomic E-state index is 13.6. The zero-order valence-corrected chi connectivity index (χ0v) is 23.9. The Labute approximate surface area is 238 Å². The number of nitrogens with zero attached hydrogens (tertiary/aromatic N) is 1. The van der Waals surface area contributed by atoms with Gasteiger partial charge in [0.05, 0.1) is 23.9 Å². The van der Waals surface area contributed by atoms with Gasteiger partial charge in [0, 0.05) is 23.1 Å². The number of anilines is 1. The van der Waals surface area contributed by atoms with Gasteiger partial charge in [0.2, 0.25) is 5.91 Å². The molecule has 0 aliphatic carbocycles. The van der Waals surface area contributed by atoms with Crippen LogP contribution in [-0.4, -0.2) is 51.3 Å². The summed E-state index contributed by atoms with van der Waals surface area (Å²) in [5, 5.41) is 10.2. The Balaban J connectivity index is 1.89. The first kappa shape index (κ1) is 30.1. The predicted molar refractivity (Wildman–Crippen MR) is 160 cm³/mol. The summed E-state index contributed by atoms with van der Waals surface area (Å²) >= 11 is 0.746. The molecule has 1 aromatic heterocycles. The first-order valence-corrected chi connectivity index (χ1v) is 15.1. The minimum atomic E-state index is -2.18. The number of hydrogen-bond donors (Lipinski definition) is 4. The van der Waals surface area contributed by atoms with Crippen LogP contribution < -0.4 is 15.4 Å². The summed E-state index contributed by atoms with van der Waals surface area (Å²) in [5.74, 6) is -0.397. The van der Waals surface area contributed by atoms with Gasteiger partial charge in [-0.1, -0.05) is 49.0 Å². The van der Waals surface area contributed by atoms with Crippen LogP contribution >= 0.6 is 23.1 Å². The van der Waals surface area contributed by atoms with Crippen LogP contribution in [-0.2, 0) is 33.6 Å². The SMILES string of the molecule is C=C(N=C(SC)[C@H](Cc1ccc(NS(=O)O)cc1)NC(=O)[C@H](Cc1ccccc1)NC(=O)OC)c1ccsc1. The van der Waals surface area contributed by atoms with Crippen LogP contribution in [0, 0.1) is 0 Å². The summed E-state index contributed by atoms with van der Waals surface area (Å²) in [7, 11) is 1.25. The molecule has 3 atom stereocenters. The fourth-order valence-corrected chi connectivity index (χ4v) is 5.30. The fraction of sp³-hybridized carbons (Fsp3) is 0.222. The molecule has 39 heavy (non-hydrogen) atoms. The lowest BCUT2D eigenvalue weighted by atomic mass is 10.0. The lowest BCUT2D eigenvalue weighted by molar-refractivity contribution is -0.123. The highest BCUT2D eigenvalue weighted by atomic mass is 32.2. The molecule has 3 rings (SSSR count). The Hall–Kier alpha value is -3.45. The lowest BCUT2D eigenvalue weighted by Gasteiger charge is -2.24. The average molecular weight is 587 g/mol. The molecule has 9 nitrogen and oxygen atoms in total. The Morgan fingerprint density at radius 3 is 2.31 bits per heavy atom. The van der Waals surface area contributed by atoms with E-state index in [0.717, 1.165) is 16.7 Å². The first-order valence-electron chi connectivity index (χ1n) is 11.8. The highest BCUT2D eigenvalue weighted by Crippen LogP contribution is 2.21. The number of alkyl carbamates (subject to hydrolysis) is 1. The number of benzene rings is 2. The molecule has 0 radical (unpaired) electrons. The van der Waals surface area contributed by atoms with Crippen molar-refractivity contribution in [2.75, 3.05) is 18.1 Å². The Morgan fingerprint density at radius 2 is 1.72 bits per heavy atom. The molecule has 0 fully saturated rings. The zero-order chi connectivity index (χ0) is 28.2. The van der Waals surface area contributed by atoms with E-state index in [2.05, 4.69) is 21.9 Å². The van der Waals surface area contributed by atoms with Crippen LogP contribution in [0.2, 0.25) is 0 Å². The third-order valence-electron chi connectivity index (χ3n) is 5.60. The Kier molecular flexibility index (Phi) is 11.7. The molecule has 2 aromatic carbocycles. The second kappa shape index (κ2) is 15.2. The van der Waals surface area contributed by atoms with Crippen LogP contribution in [0.25, 0.3) is 5.70 Å². The van der Waals surface area contributed by atoms with E-state index < -0.39 is 35.4 Å². The molecule has 0 spiro atoms. The molecule has 1 unspecified atom stereocenters. The maximum atomic E-state index is 13.6. The molecule has 2 amide bonds. The first-order chi connectivity index (χ1) is 18.8. The van der Waals surface area contributed by atoms with Crippen molar-refractivity contribution in [2.24, 2.45) is 4.99 Å². The number of aliphatic imine (C=N–C) groups is 1. The van der Waals surface area contributed by atoms with E-state index in [-0.39, 0.29) is 6.42 Å².